The molecule has 2 aromatic rings. The number of carbonyl (C=O) groups is 1. The fourth-order valence-electron chi connectivity index (χ4n) is 1.91. The third-order valence-electron chi connectivity index (χ3n) is 2.85. The average Bonchev–Trinajstić information content (AvgIpc) is 2.79. The summed E-state index contributed by atoms with van der Waals surface area (Å²) in [6.07, 6.45) is 3.80. The van der Waals surface area contributed by atoms with E-state index in [4.69, 9.17) is 5.73 Å². The first kappa shape index (κ1) is 12.2. The van der Waals surface area contributed by atoms with Gasteiger partial charge in [0, 0.05) is 23.6 Å². The Morgan fingerprint density at radius 2 is 2.11 bits per heavy atom. The van der Waals surface area contributed by atoms with Crippen LogP contribution in [0.4, 0.5) is 5.69 Å². The Labute approximate surface area is 105 Å². The summed E-state index contributed by atoms with van der Waals surface area (Å²) in [6.45, 7) is 1.84. The molecular formula is C13H15N3O2. The lowest BCUT2D eigenvalue weighted by atomic mass is 10.1. The molecule has 1 aromatic heterocycles. The van der Waals surface area contributed by atoms with Crippen molar-refractivity contribution >= 4 is 11.7 Å². The van der Waals surface area contributed by atoms with Crippen molar-refractivity contribution in [3.63, 3.8) is 0 Å². The first-order valence-corrected chi connectivity index (χ1v) is 5.75. The Morgan fingerprint density at radius 1 is 1.44 bits per heavy atom. The molecule has 1 heterocycles. The number of aromatic nitrogens is 2. The predicted octanol–water partition coefficient (Wildman–Crippen LogP) is 2.17. The number of anilines is 1. The molecule has 5 heteroatoms. The van der Waals surface area contributed by atoms with E-state index in [-0.39, 0.29) is 0 Å². The minimum Gasteiger partial charge on any atom is -0.480 e. The molecule has 0 aliphatic rings. The monoisotopic (exact) mass is 245 g/mol. The van der Waals surface area contributed by atoms with E-state index in [1.807, 2.05) is 19.1 Å². The number of aliphatic carboxylic acids is 1. The number of hydrogen-bond acceptors (Lipinski definition) is 3. The highest BCUT2D eigenvalue weighted by atomic mass is 16.4. The van der Waals surface area contributed by atoms with Gasteiger partial charge >= 0.3 is 5.97 Å². The summed E-state index contributed by atoms with van der Waals surface area (Å²) in [6, 6.07) is 6.62. The first-order valence-electron chi connectivity index (χ1n) is 5.75. The van der Waals surface area contributed by atoms with Gasteiger partial charge in [-0.25, -0.2) is 9.78 Å². The van der Waals surface area contributed by atoms with Gasteiger partial charge in [-0.2, -0.15) is 0 Å². The summed E-state index contributed by atoms with van der Waals surface area (Å²) in [4.78, 5) is 15.4. The number of nitrogens with two attached hydrogens (primary N) is 1. The lowest BCUT2D eigenvalue weighted by Gasteiger charge is -2.15. The Kier molecular flexibility index (Phi) is 3.32. The molecule has 0 saturated carbocycles. The molecule has 0 saturated heterocycles. The third-order valence-corrected chi connectivity index (χ3v) is 2.85. The van der Waals surface area contributed by atoms with Gasteiger partial charge in [-0.1, -0.05) is 6.92 Å². The van der Waals surface area contributed by atoms with Crippen LogP contribution in [0.15, 0.2) is 36.7 Å². The second-order valence-corrected chi connectivity index (χ2v) is 4.04. The van der Waals surface area contributed by atoms with Crippen LogP contribution in [0.1, 0.15) is 19.4 Å². The molecule has 0 aliphatic carbocycles. The van der Waals surface area contributed by atoms with Crippen molar-refractivity contribution in [2.45, 2.75) is 19.4 Å². The SMILES string of the molecule is CCC(C(=O)O)n1ccnc1-c1ccc(N)cc1. The molecule has 5 nitrogen and oxygen atoms in total. The predicted molar refractivity (Wildman–Crippen MR) is 69.0 cm³/mol. The number of imidazole rings is 1. The van der Waals surface area contributed by atoms with E-state index < -0.39 is 12.0 Å². The van der Waals surface area contributed by atoms with Crippen LogP contribution < -0.4 is 5.73 Å². The topological polar surface area (TPSA) is 81.1 Å². The Hall–Kier alpha value is -2.30. The van der Waals surface area contributed by atoms with Gasteiger partial charge in [0.05, 0.1) is 0 Å². The fraction of sp³-hybridized carbons (Fsp3) is 0.231. The standard InChI is InChI=1S/C13H15N3O2/c1-2-11(13(17)18)16-8-7-15-12(16)9-3-5-10(14)6-4-9/h3-8,11H,2,14H2,1H3,(H,17,18). The van der Waals surface area contributed by atoms with Gasteiger partial charge in [0.15, 0.2) is 0 Å². The van der Waals surface area contributed by atoms with E-state index in [0.29, 0.717) is 17.9 Å². The van der Waals surface area contributed by atoms with Gasteiger partial charge in [-0.15, -0.1) is 0 Å². The number of carboxylic acid groups (broad SMARTS) is 1. The highest BCUT2D eigenvalue weighted by Gasteiger charge is 2.20. The molecule has 1 atom stereocenters. The fourth-order valence-corrected chi connectivity index (χ4v) is 1.91. The Morgan fingerprint density at radius 3 is 2.67 bits per heavy atom. The van der Waals surface area contributed by atoms with Crippen molar-refractivity contribution in [1.82, 2.24) is 9.55 Å². The molecule has 18 heavy (non-hydrogen) atoms. The van der Waals surface area contributed by atoms with Crippen LogP contribution >= 0.6 is 0 Å². The van der Waals surface area contributed by atoms with Crippen molar-refractivity contribution in [2.75, 3.05) is 5.73 Å². The highest BCUT2D eigenvalue weighted by molar-refractivity contribution is 5.73. The van der Waals surface area contributed by atoms with Gasteiger partial charge in [-0.05, 0) is 30.7 Å². The van der Waals surface area contributed by atoms with Crippen LogP contribution in [0.2, 0.25) is 0 Å². The number of hydrogen-bond donors (Lipinski definition) is 2. The normalized spacial score (nSPS) is 12.3. The zero-order valence-electron chi connectivity index (χ0n) is 10.1. The average molecular weight is 245 g/mol. The molecule has 0 spiro atoms. The van der Waals surface area contributed by atoms with E-state index >= 15 is 0 Å². The maximum Gasteiger partial charge on any atom is 0.326 e. The highest BCUT2D eigenvalue weighted by Crippen LogP contribution is 2.23. The zero-order valence-corrected chi connectivity index (χ0v) is 10.1. The van der Waals surface area contributed by atoms with Crippen LogP contribution in [0, 0.1) is 0 Å². The number of rotatable bonds is 4. The molecule has 1 unspecified atom stereocenters. The second kappa shape index (κ2) is 4.91. The van der Waals surface area contributed by atoms with Gasteiger partial charge < -0.3 is 15.4 Å². The Bertz CT molecular complexity index is 546. The molecule has 2 rings (SSSR count). The quantitative estimate of drug-likeness (QED) is 0.809. The molecule has 0 fully saturated rings. The number of benzene rings is 1. The third kappa shape index (κ3) is 2.20. The molecule has 0 amide bonds. The van der Waals surface area contributed by atoms with Crippen molar-refractivity contribution in [3.8, 4) is 11.4 Å². The summed E-state index contributed by atoms with van der Waals surface area (Å²) >= 11 is 0. The van der Waals surface area contributed by atoms with Crippen LogP contribution in [0.3, 0.4) is 0 Å². The first-order chi connectivity index (χ1) is 8.63. The Balaban J connectivity index is 2.44. The van der Waals surface area contributed by atoms with Gasteiger partial charge in [0.1, 0.15) is 11.9 Å². The smallest absolute Gasteiger partial charge is 0.326 e. The maximum atomic E-state index is 11.2. The lowest BCUT2D eigenvalue weighted by Crippen LogP contribution is -2.18. The van der Waals surface area contributed by atoms with Crippen molar-refractivity contribution < 1.29 is 9.90 Å². The molecule has 94 valence electrons. The van der Waals surface area contributed by atoms with Gasteiger partial charge in [0.2, 0.25) is 0 Å². The van der Waals surface area contributed by atoms with Gasteiger partial charge in [0.25, 0.3) is 0 Å². The van der Waals surface area contributed by atoms with E-state index in [1.165, 1.54) is 0 Å². The lowest BCUT2D eigenvalue weighted by molar-refractivity contribution is -0.140. The van der Waals surface area contributed by atoms with Crippen LogP contribution in [0.25, 0.3) is 11.4 Å². The van der Waals surface area contributed by atoms with E-state index in [1.54, 1.807) is 29.1 Å². The molecular weight excluding hydrogens is 230 g/mol. The number of carboxylic acids is 1. The zero-order chi connectivity index (χ0) is 13.1. The van der Waals surface area contributed by atoms with E-state index in [9.17, 15) is 9.90 Å². The molecule has 0 radical (unpaired) electrons. The maximum absolute atomic E-state index is 11.2. The van der Waals surface area contributed by atoms with E-state index in [0.717, 1.165) is 5.56 Å². The van der Waals surface area contributed by atoms with Crippen molar-refractivity contribution in [3.05, 3.63) is 36.7 Å². The summed E-state index contributed by atoms with van der Waals surface area (Å²) in [5.41, 5.74) is 7.16. The number of nitrogens with zero attached hydrogens (tertiary/aromatic N) is 2. The largest absolute Gasteiger partial charge is 0.480 e. The molecule has 1 aromatic carbocycles. The molecule has 0 bridgehead atoms. The minimum absolute atomic E-state index is 0.508. The van der Waals surface area contributed by atoms with Crippen molar-refractivity contribution in [2.24, 2.45) is 0 Å². The summed E-state index contributed by atoms with van der Waals surface area (Å²) < 4.78 is 1.67. The molecule has 3 N–H and O–H groups in total. The summed E-state index contributed by atoms with van der Waals surface area (Å²) in [5, 5.41) is 9.19. The van der Waals surface area contributed by atoms with Crippen LogP contribution in [-0.2, 0) is 4.79 Å². The second-order valence-electron chi connectivity index (χ2n) is 4.04. The summed E-state index contributed by atoms with van der Waals surface area (Å²) in [7, 11) is 0. The van der Waals surface area contributed by atoms with Gasteiger partial charge in [-0.3, -0.25) is 0 Å². The van der Waals surface area contributed by atoms with Crippen LogP contribution in [0.5, 0.6) is 0 Å². The van der Waals surface area contributed by atoms with Crippen LogP contribution in [-0.4, -0.2) is 20.6 Å². The van der Waals surface area contributed by atoms with Crippen molar-refractivity contribution in [1.29, 1.82) is 0 Å². The summed E-state index contributed by atoms with van der Waals surface area (Å²) in [5.74, 6) is -0.212. The van der Waals surface area contributed by atoms with E-state index in [2.05, 4.69) is 4.98 Å². The minimum atomic E-state index is -0.854. The molecule has 0 aliphatic heterocycles. The number of nitrogen functional groups attached to an aromatic ring is 1.